The standard InChI is InChI=1S/C20H21N/c1-13(2)17-8-7-16-9-10-19(21-20(16)12-17)18-11-14(3)5-6-15(18)4/h5-13H,1-4H3. The maximum Gasteiger partial charge on any atom is 0.0712 e. The SMILES string of the molecule is Cc1ccc(C)c(-c2ccc3ccc(C(C)C)cc3n2)c1. The molecule has 0 aliphatic carbocycles. The largest absolute Gasteiger partial charge is 0.248 e. The average Bonchev–Trinajstić information content (AvgIpc) is 2.48. The zero-order valence-corrected chi connectivity index (χ0v) is 13.1. The van der Waals surface area contributed by atoms with Gasteiger partial charge in [0, 0.05) is 10.9 Å². The molecule has 1 heteroatoms. The molecule has 3 rings (SSSR count). The van der Waals surface area contributed by atoms with E-state index in [1.807, 2.05) is 0 Å². The third-order valence-corrected chi connectivity index (χ3v) is 4.05. The van der Waals surface area contributed by atoms with Crippen molar-refractivity contribution in [1.29, 1.82) is 0 Å². The third-order valence-electron chi connectivity index (χ3n) is 4.05. The molecule has 0 saturated heterocycles. The first-order valence-electron chi connectivity index (χ1n) is 7.53. The minimum Gasteiger partial charge on any atom is -0.248 e. The summed E-state index contributed by atoms with van der Waals surface area (Å²) in [6.45, 7) is 8.71. The van der Waals surface area contributed by atoms with Gasteiger partial charge in [-0.15, -0.1) is 0 Å². The van der Waals surface area contributed by atoms with Gasteiger partial charge in [0.05, 0.1) is 11.2 Å². The molecule has 21 heavy (non-hydrogen) atoms. The van der Waals surface area contributed by atoms with E-state index in [4.69, 9.17) is 4.98 Å². The molecule has 0 amide bonds. The summed E-state index contributed by atoms with van der Waals surface area (Å²) in [6.07, 6.45) is 0. The van der Waals surface area contributed by atoms with Crippen LogP contribution >= 0.6 is 0 Å². The Morgan fingerprint density at radius 3 is 2.38 bits per heavy atom. The van der Waals surface area contributed by atoms with Gasteiger partial charge in [-0.2, -0.15) is 0 Å². The van der Waals surface area contributed by atoms with Crippen molar-refractivity contribution in [2.75, 3.05) is 0 Å². The van der Waals surface area contributed by atoms with E-state index in [0.29, 0.717) is 5.92 Å². The van der Waals surface area contributed by atoms with Crippen molar-refractivity contribution in [1.82, 2.24) is 4.98 Å². The molecular weight excluding hydrogens is 254 g/mol. The number of pyridine rings is 1. The van der Waals surface area contributed by atoms with Crippen LogP contribution in [0.3, 0.4) is 0 Å². The molecule has 0 saturated carbocycles. The fourth-order valence-electron chi connectivity index (χ4n) is 2.66. The Morgan fingerprint density at radius 1 is 0.857 bits per heavy atom. The minimum atomic E-state index is 0.528. The Labute approximate surface area is 126 Å². The summed E-state index contributed by atoms with van der Waals surface area (Å²) in [5.74, 6) is 0.528. The van der Waals surface area contributed by atoms with Gasteiger partial charge in [-0.1, -0.05) is 49.7 Å². The average molecular weight is 275 g/mol. The molecule has 0 aliphatic heterocycles. The Kier molecular flexibility index (Phi) is 3.50. The van der Waals surface area contributed by atoms with Crippen LogP contribution in [0, 0.1) is 13.8 Å². The Hall–Kier alpha value is -2.15. The first kappa shape index (κ1) is 13.8. The molecule has 0 fully saturated rings. The highest BCUT2D eigenvalue weighted by molar-refractivity contribution is 5.82. The third kappa shape index (κ3) is 2.69. The van der Waals surface area contributed by atoms with Crippen LogP contribution in [0.25, 0.3) is 22.2 Å². The van der Waals surface area contributed by atoms with Crippen LogP contribution in [0.2, 0.25) is 0 Å². The topological polar surface area (TPSA) is 12.9 Å². The summed E-state index contributed by atoms with van der Waals surface area (Å²) in [5.41, 5.74) is 7.25. The molecule has 1 aromatic heterocycles. The molecule has 0 spiro atoms. The second kappa shape index (κ2) is 5.33. The number of rotatable bonds is 2. The first-order chi connectivity index (χ1) is 10.0. The molecule has 1 heterocycles. The highest BCUT2D eigenvalue weighted by Crippen LogP contribution is 2.26. The lowest BCUT2D eigenvalue weighted by Crippen LogP contribution is -1.92. The van der Waals surface area contributed by atoms with Crippen LogP contribution < -0.4 is 0 Å². The number of fused-ring (bicyclic) bond motifs is 1. The maximum absolute atomic E-state index is 4.89. The number of nitrogens with zero attached hydrogens (tertiary/aromatic N) is 1. The molecule has 0 bridgehead atoms. The van der Waals surface area contributed by atoms with E-state index in [9.17, 15) is 0 Å². The second-order valence-electron chi connectivity index (χ2n) is 6.12. The van der Waals surface area contributed by atoms with Gasteiger partial charge in [0.1, 0.15) is 0 Å². The van der Waals surface area contributed by atoms with Crippen molar-refractivity contribution in [2.45, 2.75) is 33.6 Å². The van der Waals surface area contributed by atoms with Gasteiger partial charge in [0.25, 0.3) is 0 Å². The van der Waals surface area contributed by atoms with Gasteiger partial charge in [-0.3, -0.25) is 0 Å². The zero-order valence-electron chi connectivity index (χ0n) is 13.1. The number of hydrogen-bond acceptors (Lipinski definition) is 1. The molecule has 2 aromatic carbocycles. The highest BCUT2D eigenvalue weighted by Gasteiger charge is 2.07. The van der Waals surface area contributed by atoms with E-state index < -0.39 is 0 Å². The monoisotopic (exact) mass is 275 g/mol. The molecule has 0 unspecified atom stereocenters. The molecular formula is C20H21N. The van der Waals surface area contributed by atoms with Crippen LogP contribution in [0.5, 0.6) is 0 Å². The lowest BCUT2D eigenvalue weighted by Gasteiger charge is -2.10. The Morgan fingerprint density at radius 2 is 1.62 bits per heavy atom. The van der Waals surface area contributed by atoms with Crippen molar-refractivity contribution in [3.8, 4) is 11.3 Å². The quantitative estimate of drug-likeness (QED) is 0.589. The van der Waals surface area contributed by atoms with Crippen LogP contribution in [0.4, 0.5) is 0 Å². The molecule has 0 N–H and O–H groups in total. The maximum atomic E-state index is 4.89. The van der Waals surface area contributed by atoms with E-state index in [1.165, 1.54) is 27.6 Å². The second-order valence-corrected chi connectivity index (χ2v) is 6.12. The number of aryl methyl sites for hydroxylation is 2. The number of aromatic nitrogens is 1. The molecule has 0 radical (unpaired) electrons. The van der Waals surface area contributed by atoms with Gasteiger partial charge in [-0.25, -0.2) is 4.98 Å². The fraction of sp³-hybridized carbons (Fsp3) is 0.250. The van der Waals surface area contributed by atoms with Crippen LogP contribution in [0.15, 0.2) is 48.5 Å². The predicted molar refractivity (Wildman–Crippen MR) is 90.7 cm³/mol. The lowest BCUT2D eigenvalue weighted by molar-refractivity contribution is 0.868. The predicted octanol–water partition coefficient (Wildman–Crippen LogP) is 5.64. The van der Waals surface area contributed by atoms with Gasteiger partial charge in [0.2, 0.25) is 0 Å². The van der Waals surface area contributed by atoms with Gasteiger partial charge in [0.15, 0.2) is 0 Å². The summed E-state index contributed by atoms with van der Waals surface area (Å²) < 4.78 is 0. The Bertz CT molecular complexity index is 800. The van der Waals surface area contributed by atoms with Crippen molar-refractivity contribution in [3.05, 3.63) is 65.2 Å². The van der Waals surface area contributed by atoms with E-state index in [0.717, 1.165) is 11.2 Å². The van der Waals surface area contributed by atoms with E-state index in [1.54, 1.807) is 0 Å². The number of benzene rings is 2. The van der Waals surface area contributed by atoms with Crippen molar-refractivity contribution >= 4 is 10.9 Å². The summed E-state index contributed by atoms with van der Waals surface area (Å²) >= 11 is 0. The summed E-state index contributed by atoms with van der Waals surface area (Å²) in [7, 11) is 0. The van der Waals surface area contributed by atoms with Gasteiger partial charge < -0.3 is 0 Å². The van der Waals surface area contributed by atoms with Crippen molar-refractivity contribution in [2.24, 2.45) is 0 Å². The summed E-state index contributed by atoms with van der Waals surface area (Å²) in [5, 5.41) is 1.20. The smallest absolute Gasteiger partial charge is 0.0712 e. The number of hydrogen-bond donors (Lipinski definition) is 0. The lowest BCUT2D eigenvalue weighted by atomic mass is 9.99. The van der Waals surface area contributed by atoms with E-state index >= 15 is 0 Å². The van der Waals surface area contributed by atoms with Crippen LogP contribution in [-0.2, 0) is 0 Å². The van der Waals surface area contributed by atoms with Gasteiger partial charge in [-0.05, 0) is 49.1 Å². The van der Waals surface area contributed by atoms with Crippen LogP contribution in [-0.4, -0.2) is 4.98 Å². The normalized spacial score (nSPS) is 11.3. The van der Waals surface area contributed by atoms with Crippen molar-refractivity contribution < 1.29 is 0 Å². The van der Waals surface area contributed by atoms with Crippen molar-refractivity contribution in [3.63, 3.8) is 0 Å². The first-order valence-corrected chi connectivity index (χ1v) is 7.53. The molecule has 0 aliphatic rings. The van der Waals surface area contributed by atoms with Gasteiger partial charge >= 0.3 is 0 Å². The summed E-state index contributed by atoms with van der Waals surface area (Å²) in [4.78, 5) is 4.89. The zero-order chi connectivity index (χ0) is 15.0. The minimum absolute atomic E-state index is 0.528. The van der Waals surface area contributed by atoms with E-state index in [2.05, 4.69) is 76.2 Å². The molecule has 1 nitrogen and oxygen atoms in total. The highest BCUT2D eigenvalue weighted by atomic mass is 14.7. The summed E-state index contributed by atoms with van der Waals surface area (Å²) in [6, 6.07) is 17.4. The Balaban J connectivity index is 2.17. The van der Waals surface area contributed by atoms with Crippen LogP contribution in [0.1, 0.15) is 36.5 Å². The fourth-order valence-corrected chi connectivity index (χ4v) is 2.66. The molecule has 0 atom stereocenters. The molecule has 3 aromatic rings. The molecule has 106 valence electrons. The van der Waals surface area contributed by atoms with E-state index in [-0.39, 0.29) is 0 Å².